The molecule has 0 amide bonds. The molecular weight excluding hydrogens is 365 g/mol. The van der Waals surface area contributed by atoms with E-state index in [-0.39, 0.29) is 18.7 Å². The highest BCUT2D eigenvalue weighted by Gasteiger charge is 2.25. The van der Waals surface area contributed by atoms with Crippen LogP contribution in [-0.2, 0) is 29.7 Å². The molecule has 0 spiro atoms. The zero-order valence-electron chi connectivity index (χ0n) is 16.0. The number of benzene rings is 1. The van der Waals surface area contributed by atoms with Crippen molar-refractivity contribution in [3.63, 3.8) is 0 Å². The molecule has 8 nitrogen and oxygen atoms in total. The normalized spacial score (nSPS) is 19.9. The van der Waals surface area contributed by atoms with Crippen molar-refractivity contribution in [3.05, 3.63) is 47.0 Å². The minimum Gasteiger partial charge on any atom is -0.467 e. The van der Waals surface area contributed by atoms with Crippen molar-refractivity contribution in [2.75, 3.05) is 33.5 Å². The van der Waals surface area contributed by atoms with Gasteiger partial charge in [-0.3, -0.25) is 9.67 Å². The average molecular weight is 389 g/mol. The Morgan fingerprint density at radius 1 is 1.43 bits per heavy atom. The number of hydrogen-bond donors (Lipinski definition) is 1. The van der Waals surface area contributed by atoms with Crippen LogP contribution in [0.1, 0.15) is 22.8 Å². The second-order valence-corrected chi connectivity index (χ2v) is 6.82. The van der Waals surface area contributed by atoms with E-state index in [1.807, 2.05) is 19.4 Å². The summed E-state index contributed by atoms with van der Waals surface area (Å²) in [5.41, 5.74) is 2.51. The molecule has 1 atom stereocenters. The van der Waals surface area contributed by atoms with Crippen molar-refractivity contribution in [2.24, 2.45) is 12.0 Å². The van der Waals surface area contributed by atoms with Crippen LogP contribution in [-0.4, -0.2) is 54.2 Å². The molecule has 0 radical (unpaired) electrons. The van der Waals surface area contributed by atoms with E-state index in [0.717, 1.165) is 29.2 Å². The second kappa shape index (κ2) is 8.15. The van der Waals surface area contributed by atoms with Crippen LogP contribution in [0.2, 0.25) is 0 Å². The van der Waals surface area contributed by atoms with Crippen molar-refractivity contribution in [1.29, 1.82) is 0 Å². The van der Waals surface area contributed by atoms with Crippen molar-refractivity contribution in [2.45, 2.75) is 19.3 Å². The Morgan fingerprint density at radius 2 is 2.32 bits per heavy atom. The third-order valence-corrected chi connectivity index (χ3v) is 4.86. The molecule has 0 saturated carbocycles. The lowest BCUT2D eigenvalue weighted by Gasteiger charge is -2.35. The van der Waals surface area contributed by atoms with Gasteiger partial charge in [0.2, 0.25) is 0 Å². The van der Waals surface area contributed by atoms with Gasteiger partial charge in [0.1, 0.15) is 17.7 Å². The van der Waals surface area contributed by atoms with Gasteiger partial charge in [-0.05, 0) is 12.1 Å². The minimum absolute atomic E-state index is 0.0663. The Morgan fingerprint density at radius 3 is 3.11 bits per heavy atom. The lowest BCUT2D eigenvalue weighted by molar-refractivity contribution is -0.0173. The highest BCUT2D eigenvalue weighted by molar-refractivity contribution is 5.80. The average Bonchev–Trinajstić information content (AvgIpc) is 3.15. The summed E-state index contributed by atoms with van der Waals surface area (Å²) in [7, 11) is 3.62. The number of rotatable bonds is 3. The fraction of sp³-hybridized carbons (Fsp3) is 0.474. The summed E-state index contributed by atoms with van der Waals surface area (Å²) in [5.74, 6) is 1.12. The van der Waals surface area contributed by atoms with Crippen molar-refractivity contribution in [3.8, 4) is 5.75 Å². The number of aromatic nitrogens is 2. The van der Waals surface area contributed by atoms with Crippen molar-refractivity contribution >= 4 is 5.96 Å². The predicted octanol–water partition coefficient (Wildman–Crippen LogP) is 1.57. The Bertz CT molecular complexity index is 869. The largest absolute Gasteiger partial charge is 0.467 e. The maximum Gasteiger partial charge on any atom is 0.194 e. The summed E-state index contributed by atoms with van der Waals surface area (Å²) < 4.78 is 32.4. The maximum absolute atomic E-state index is 14.0. The summed E-state index contributed by atoms with van der Waals surface area (Å²) in [5, 5.41) is 7.54. The molecule has 1 N–H and O–H groups in total. The smallest absolute Gasteiger partial charge is 0.194 e. The van der Waals surface area contributed by atoms with E-state index in [1.165, 1.54) is 12.1 Å². The quantitative estimate of drug-likeness (QED) is 0.635. The molecular formula is C19H24FN5O3. The predicted molar refractivity (Wildman–Crippen MR) is 100 cm³/mol. The van der Waals surface area contributed by atoms with Crippen molar-refractivity contribution < 1.29 is 18.6 Å². The van der Waals surface area contributed by atoms with E-state index < -0.39 is 0 Å². The Balaban J connectivity index is 1.45. The van der Waals surface area contributed by atoms with E-state index >= 15 is 0 Å². The highest BCUT2D eigenvalue weighted by atomic mass is 19.1. The monoisotopic (exact) mass is 389 g/mol. The number of nitrogens with zero attached hydrogens (tertiary/aromatic N) is 4. The lowest BCUT2D eigenvalue weighted by Crippen LogP contribution is -2.48. The zero-order valence-corrected chi connectivity index (χ0v) is 16.0. The topological polar surface area (TPSA) is 73.1 Å². The van der Waals surface area contributed by atoms with Crippen LogP contribution in [0.25, 0.3) is 0 Å². The molecule has 9 heteroatoms. The van der Waals surface area contributed by atoms with E-state index in [2.05, 4.69) is 20.3 Å². The van der Waals surface area contributed by atoms with Gasteiger partial charge >= 0.3 is 0 Å². The number of aliphatic imine (C=N–C) groups is 1. The number of hydrogen-bond acceptors (Lipinski definition) is 5. The first-order valence-electron chi connectivity index (χ1n) is 9.21. The van der Waals surface area contributed by atoms with Crippen molar-refractivity contribution in [1.82, 2.24) is 20.0 Å². The minimum atomic E-state index is -0.303. The van der Waals surface area contributed by atoms with Crippen LogP contribution in [0.3, 0.4) is 0 Å². The molecule has 1 aromatic carbocycles. The fourth-order valence-corrected chi connectivity index (χ4v) is 3.54. The first kappa shape index (κ1) is 18.7. The fourth-order valence-electron chi connectivity index (χ4n) is 3.54. The molecule has 1 saturated heterocycles. The van der Waals surface area contributed by atoms with Gasteiger partial charge in [-0.25, -0.2) is 4.39 Å². The SMILES string of the molecule is CN=C(NCc1cc(F)cc2c1OCOC2)N1CCOC(c2cnn(C)c2)C1. The van der Waals surface area contributed by atoms with Gasteiger partial charge in [-0.1, -0.05) is 0 Å². The molecule has 1 fully saturated rings. The van der Waals surface area contributed by atoms with Crippen LogP contribution in [0.5, 0.6) is 5.75 Å². The standard InChI is InChI=1S/C19H24FN5O3/c1-21-19(25-3-4-27-17(10-25)15-8-23-24(2)9-15)22-7-13-5-16(20)6-14-11-26-12-28-18(13)14/h5-6,8-9,17H,3-4,7,10-12H2,1-2H3,(H,21,22). The maximum atomic E-state index is 14.0. The number of fused-ring (bicyclic) bond motifs is 1. The van der Waals surface area contributed by atoms with E-state index in [4.69, 9.17) is 14.2 Å². The molecule has 0 bridgehead atoms. The van der Waals surface area contributed by atoms with Gasteiger partial charge in [0.05, 0.1) is 26.0 Å². The molecule has 4 rings (SSSR count). The number of morpholine rings is 1. The van der Waals surface area contributed by atoms with Crippen LogP contribution in [0.4, 0.5) is 4.39 Å². The molecule has 3 heterocycles. The van der Waals surface area contributed by atoms with E-state index in [1.54, 1.807) is 11.7 Å². The molecule has 2 aromatic rings. The summed E-state index contributed by atoms with van der Waals surface area (Å²) in [6, 6.07) is 2.94. The van der Waals surface area contributed by atoms with Crippen LogP contribution in [0.15, 0.2) is 29.5 Å². The highest BCUT2D eigenvalue weighted by Crippen LogP contribution is 2.29. The molecule has 0 aliphatic carbocycles. The third kappa shape index (κ3) is 3.95. The summed E-state index contributed by atoms with van der Waals surface area (Å²) in [6.45, 7) is 2.92. The summed E-state index contributed by atoms with van der Waals surface area (Å²) in [6.07, 6.45) is 3.72. The molecule has 150 valence electrons. The molecule has 1 aromatic heterocycles. The number of halogens is 1. The Labute approximate surface area is 162 Å². The van der Waals surface area contributed by atoms with E-state index in [9.17, 15) is 4.39 Å². The number of nitrogens with one attached hydrogen (secondary N) is 1. The Kier molecular flexibility index (Phi) is 5.45. The first-order valence-corrected chi connectivity index (χ1v) is 9.21. The Hall–Kier alpha value is -2.65. The van der Waals surface area contributed by atoms with Gasteiger partial charge in [0.25, 0.3) is 0 Å². The van der Waals surface area contributed by atoms with Crippen LogP contribution < -0.4 is 10.1 Å². The molecule has 2 aliphatic heterocycles. The second-order valence-electron chi connectivity index (χ2n) is 6.82. The number of ether oxygens (including phenoxy) is 3. The van der Waals surface area contributed by atoms with Crippen LogP contribution >= 0.6 is 0 Å². The van der Waals surface area contributed by atoms with Gasteiger partial charge < -0.3 is 24.4 Å². The molecule has 2 aliphatic rings. The van der Waals surface area contributed by atoms with Gasteiger partial charge in [0, 0.05) is 50.1 Å². The van der Waals surface area contributed by atoms with Gasteiger partial charge in [0.15, 0.2) is 12.8 Å². The summed E-state index contributed by atoms with van der Waals surface area (Å²) in [4.78, 5) is 6.53. The van der Waals surface area contributed by atoms with Crippen LogP contribution in [0, 0.1) is 5.82 Å². The van der Waals surface area contributed by atoms with E-state index in [0.29, 0.717) is 32.1 Å². The number of aryl methyl sites for hydroxylation is 1. The third-order valence-electron chi connectivity index (χ3n) is 4.86. The number of guanidine groups is 1. The molecule has 1 unspecified atom stereocenters. The van der Waals surface area contributed by atoms with Gasteiger partial charge in [-0.15, -0.1) is 0 Å². The first-order chi connectivity index (χ1) is 13.6. The zero-order chi connectivity index (χ0) is 19.5. The van der Waals surface area contributed by atoms with Gasteiger partial charge in [-0.2, -0.15) is 5.10 Å². The molecule has 28 heavy (non-hydrogen) atoms. The lowest BCUT2D eigenvalue weighted by atomic mass is 10.1. The summed E-state index contributed by atoms with van der Waals surface area (Å²) >= 11 is 0.